The van der Waals surface area contributed by atoms with E-state index in [1.807, 2.05) is 11.3 Å². The van der Waals surface area contributed by atoms with Crippen molar-refractivity contribution < 1.29 is 0 Å². The van der Waals surface area contributed by atoms with Gasteiger partial charge in [0.15, 0.2) is 0 Å². The maximum atomic E-state index is 2.43. The molecule has 0 saturated carbocycles. The third-order valence-corrected chi connectivity index (χ3v) is 8.37. The first-order valence-electron chi connectivity index (χ1n) is 11.6. The zero-order valence-electron chi connectivity index (χ0n) is 18.3. The average Bonchev–Trinajstić information content (AvgIpc) is 3.45. The molecule has 0 amide bonds. The number of hydrogen-bond donors (Lipinski definition) is 0. The Bertz CT molecular complexity index is 2060. The second kappa shape index (κ2) is 6.69. The molecule has 0 spiro atoms. The molecular weight excluding hydrogens is 430 g/mol. The third kappa shape index (κ3) is 2.33. The number of aromatic nitrogens is 1. The number of rotatable bonds is 1. The standard InChI is InChI=1S/C32H19NS/c1-2-9-21(10-3-1)33-28-13-7-6-12-23(28)24-15-17-26-25(31(24)33)16-18-27-30-22-11-5-4-8-20(22)14-19-29(30)34-32(26)27/h1-19H. The monoisotopic (exact) mass is 449 g/mol. The number of thiophene rings is 1. The molecule has 0 atom stereocenters. The molecule has 8 rings (SSSR count). The second-order valence-corrected chi connectivity index (χ2v) is 10.0. The molecule has 0 bridgehead atoms. The topological polar surface area (TPSA) is 4.93 Å². The van der Waals surface area contributed by atoms with Crippen LogP contribution in [0.15, 0.2) is 115 Å². The molecule has 2 heteroatoms. The molecule has 0 saturated heterocycles. The van der Waals surface area contributed by atoms with E-state index in [1.54, 1.807) is 0 Å². The zero-order chi connectivity index (χ0) is 22.2. The molecule has 8 aromatic rings. The predicted octanol–water partition coefficient (Wildman–Crippen LogP) is 9.46. The molecule has 0 aliphatic rings. The zero-order valence-corrected chi connectivity index (χ0v) is 19.1. The summed E-state index contributed by atoms with van der Waals surface area (Å²) in [6, 6.07) is 42.1. The summed E-state index contributed by atoms with van der Waals surface area (Å²) in [5, 5.41) is 10.6. The highest BCUT2D eigenvalue weighted by Gasteiger charge is 2.17. The van der Waals surface area contributed by atoms with Gasteiger partial charge in [0.1, 0.15) is 0 Å². The summed E-state index contributed by atoms with van der Waals surface area (Å²) in [5.41, 5.74) is 3.73. The van der Waals surface area contributed by atoms with Crippen molar-refractivity contribution in [2.24, 2.45) is 0 Å². The Hall–Kier alpha value is -4.14. The van der Waals surface area contributed by atoms with Crippen molar-refractivity contribution in [1.82, 2.24) is 4.57 Å². The van der Waals surface area contributed by atoms with Crippen LogP contribution in [0.25, 0.3) is 69.2 Å². The van der Waals surface area contributed by atoms with Crippen LogP contribution < -0.4 is 0 Å². The van der Waals surface area contributed by atoms with E-state index in [-0.39, 0.29) is 0 Å². The van der Waals surface area contributed by atoms with Crippen molar-refractivity contribution in [1.29, 1.82) is 0 Å². The largest absolute Gasteiger partial charge is 0.309 e. The van der Waals surface area contributed by atoms with Crippen LogP contribution in [-0.2, 0) is 0 Å². The summed E-state index contributed by atoms with van der Waals surface area (Å²) >= 11 is 1.91. The van der Waals surface area contributed by atoms with Gasteiger partial charge in [0.05, 0.1) is 11.0 Å². The maximum absolute atomic E-state index is 2.43. The van der Waals surface area contributed by atoms with E-state index in [2.05, 4.69) is 120 Å². The number of nitrogens with zero attached hydrogens (tertiary/aromatic N) is 1. The lowest BCUT2D eigenvalue weighted by atomic mass is 10.0. The van der Waals surface area contributed by atoms with Gasteiger partial charge in [-0.2, -0.15) is 0 Å². The van der Waals surface area contributed by atoms with Gasteiger partial charge >= 0.3 is 0 Å². The summed E-state index contributed by atoms with van der Waals surface area (Å²) in [6.45, 7) is 0. The minimum Gasteiger partial charge on any atom is -0.309 e. The first-order chi connectivity index (χ1) is 16.9. The van der Waals surface area contributed by atoms with E-state index < -0.39 is 0 Å². The van der Waals surface area contributed by atoms with Gasteiger partial charge in [0.25, 0.3) is 0 Å². The lowest BCUT2D eigenvalue weighted by Crippen LogP contribution is -1.93. The fourth-order valence-corrected chi connectivity index (χ4v) is 6.96. The quantitative estimate of drug-likeness (QED) is 0.235. The summed E-state index contributed by atoms with van der Waals surface area (Å²) in [4.78, 5) is 0. The van der Waals surface area contributed by atoms with Gasteiger partial charge in [0, 0.05) is 47.4 Å². The lowest BCUT2D eigenvalue weighted by molar-refractivity contribution is 1.19. The van der Waals surface area contributed by atoms with Crippen LogP contribution in [0, 0.1) is 0 Å². The van der Waals surface area contributed by atoms with Gasteiger partial charge < -0.3 is 4.57 Å². The minimum atomic E-state index is 1.20. The molecule has 0 N–H and O–H groups in total. The van der Waals surface area contributed by atoms with Crippen molar-refractivity contribution in [3.05, 3.63) is 115 Å². The lowest BCUT2D eigenvalue weighted by Gasteiger charge is -2.10. The highest BCUT2D eigenvalue weighted by atomic mass is 32.1. The SMILES string of the molecule is c1ccc(-n2c3ccccc3c3ccc4c(ccc5c4sc4ccc6ccccc6c45)c32)cc1. The van der Waals surface area contributed by atoms with Crippen LogP contribution in [0.4, 0.5) is 0 Å². The highest BCUT2D eigenvalue weighted by molar-refractivity contribution is 7.26. The molecule has 0 aliphatic carbocycles. The summed E-state index contributed by atoms with van der Waals surface area (Å²) in [7, 11) is 0. The van der Waals surface area contributed by atoms with E-state index in [9.17, 15) is 0 Å². The number of benzene rings is 6. The molecule has 1 nitrogen and oxygen atoms in total. The van der Waals surface area contributed by atoms with Crippen LogP contribution in [0.3, 0.4) is 0 Å². The smallest absolute Gasteiger partial charge is 0.0619 e. The van der Waals surface area contributed by atoms with E-state index in [1.165, 1.54) is 69.2 Å². The first kappa shape index (κ1) is 18.3. The van der Waals surface area contributed by atoms with E-state index in [4.69, 9.17) is 0 Å². The van der Waals surface area contributed by atoms with Gasteiger partial charge in [0.2, 0.25) is 0 Å². The molecule has 34 heavy (non-hydrogen) atoms. The number of para-hydroxylation sites is 2. The predicted molar refractivity (Wildman–Crippen MR) is 149 cm³/mol. The third-order valence-electron chi connectivity index (χ3n) is 7.17. The van der Waals surface area contributed by atoms with Gasteiger partial charge in [-0.1, -0.05) is 91.0 Å². The molecule has 2 heterocycles. The Labute approximate surface area is 200 Å². The molecule has 0 radical (unpaired) electrons. The van der Waals surface area contributed by atoms with Crippen LogP contribution in [0.1, 0.15) is 0 Å². The van der Waals surface area contributed by atoms with Crippen molar-refractivity contribution in [3.63, 3.8) is 0 Å². The van der Waals surface area contributed by atoms with Gasteiger partial charge in [-0.15, -0.1) is 11.3 Å². The molecule has 158 valence electrons. The molecule has 2 aromatic heterocycles. The molecule has 0 fully saturated rings. The van der Waals surface area contributed by atoms with Gasteiger partial charge in [-0.05, 0) is 35.0 Å². The Balaban J connectivity index is 1.59. The maximum Gasteiger partial charge on any atom is 0.0619 e. The fourth-order valence-electron chi connectivity index (χ4n) is 5.71. The Morgan fingerprint density at radius 3 is 2.03 bits per heavy atom. The fraction of sp³-hybridized carbons (Fsp3) is 0. The van der Waals surface area contributed by atoms with Crippen LogP contribution in [0.5, 0.6) is 0 Å². The summed E-state index contributed by atoms with van der Waals surface area (Å²) < 4.78 is 5.15. The van der Waals surface area contributed by atoms with E-state index in [0.717, 1.165) is 0 Å². The van der Waals surface area contributed by atoms with Crippen molar-refractivity contribution in [2.75, 3.05) is 0 Å². The van der Waals surface area contributed by atoms with E-state index in [0.29, 0.717) is 0 Å². The number of fused-ring (bicyclic) bond motifs is 11. The van der Waals surface area contributed by atoms with Crippen molar-refractivity contribution >= 4 is 74.9 Å². The molecule has 6 aromatic carbocycles. The molecular formula is C32H19NS. The average molecular weight is 450 g/mol. The Morgan fingerprint density at radius 1 is 0.471 bits per heavy atom. The number of hydrogen-bond acceptors (Lipinski definition) is 1. The van der Waals surface area contributed by atoms with Crippen LogP contribution in [0.2, 0.25) is 0 Å². The molecule has 0 aliphatic heterocycles. The van der Waals surface area contributed by atoms with Gasteiger partial charge in [-0.25, -0.2) is 0 Å². The Morgan fingerprint density at radius 2 is 1.15 bits per heavy atom. The Kier molecular flexibility index (Phi) is 3.60. The van der Waals surface area contributed by atoms with Crippen LogP contribution in [-0.4, -0.2) is 4.57 Å². The van der Waals surface area contributed by atoms with E-state index >= 15 is 0 Å². The summed E-state index contributed by atoms with van der Waals surface area (Å²) in [5.74, 6) is 0. The minimum absolute atomic E-state index is 1.20. The van der Waals surface area contributed by atoms with Gasteiger partial charge in [-0.3, -0.25) is 0 Å². The van der Waals surface area contributed by atoms with Crippen LogP contribution >= 0.6 is 11.3 Å². The molecule has 0 unspecified atom stereocenters. The van der Waals surface area contributed by atoms with Crippen molar-refractivity contribution in [3.8, 4) is 5.69 Å². The normalized spacial score (nSPS) is 12.1. The highest BCUT2D eigenvalue weighted by Crippen LogP contribution is 2.44. The first-order valence-corrected chi connectivity index (χ1v) is 12.4. The van der Waals surface area contributed by atoms with Crippen molar-refractivity contribution in [2.45, 2.75) is 0 Å². The summed E-state index contributed by atoms with van der Waals surface area (Å²) in [6.07, 6.45) is 0. The second-order valence-electron chi connectivity index (χ2n) is 8.95.